The van der Waals surface area contributed by atoms with E-state index in [1.54, 1.807) is 12.3 Å². The molecule has 0 saturated carbocycles. The van der Waals surface area contributed by atoms with Crippen molar-refractivity contribution in [3.8, 4) is 0 Å². The van der Waals surface area contributed by atoms with Crippen molar-refractivity contribution in [3.63, 3.8) is 0 Å². The van der Waals surface area contributed by atoms with Crippen LogP contribution in [-0.4, -0.2) is 71.9 Å². The molecule has 3 rings (SSSR count). The molecule has 1 unspecified atom stereocenters. The van der Waals surface area contributed by atoms with Gasteiger partial charge in [0.25, 0.3) is 5.91 Å². The average molecular weight is 345 g/mol. The third-order valence-electron chi connectivity index (χ3n) is 5.22. The van der Waals surface area contributed by atoms with Gasteiger partial charge in [-0.05, 0) is 38.3 Å². The second-order valence-electron chi connectivity index (χ2n) is 6.96. The molecule has 0 aliphatic carbocycles. The minimum absolute atomic E-state index is 0.251. The van der Waals surface area contributed by atoms with E-state index in [9.17, 15) is 9.59 Å². The maximum atomic E-state index is 12.6. The normalized spacial score (nSPS) is 22.0. The summed E-state index contributed by atoms with van der Waals surface area (Å²) in [6, 6.07) is 3.99. The summed E-state index contributed by atoms with van der Waals surface area (Å²) in [6.45, 7) is 6.86. The molecule has 7 heteroatoms. The Morgan fingerprint density at radius 3 is 2.64 bits per heavy atom. The van der Waals surface area contributed by atoms with Gasteiger partial charge in [-0.15, -0.1) is 0 Å². The molecule has 3 heterocycles. The number of carbonyl (C=O) groups is 2. The molecule has 2 N–H and O–H groups in total. The lowest BCUT2D eigenvalue weighted by Gasteiger charge is -2.38. The first kappa shape index (κ1) is 17.7. The first-order chi connectivity index (χ1) is 12.0. The Balaban J connectivity index is 1.52. The largest absolute Gasteiger partial charge is 0.369 e. The van der Waals surface area contributed by atoms with Gasteiger partial charge in [-0.3, -0.25) is 19.5 Å². The van der Waals surface area contributed by atoms with Crippen molar-refractivity contribution < 1.29 is 9.59 Å². The van der Waals surface area contributed by atoms with Gasteiger partial charge in [0.15, 0.2) is 0 Å². The number of rotatable bonds is 4. The van der Waals surface area contributed by atoms with Crippen molar-refractivity contribution >= 4 is 17.5 Å². The molecule has 136 valence electrons. The number of piperidine rings is 1. The zero-order valence-electron chi connectivity index (χ0n) is 14.9. The maximum Gasteiger partial charge on any atom is 0.267 e. The van der Waals surface area contributed by atoms with Crippen molar-refractivity contribution in [3.05, 3.63) is 24.0 Å². The zero-order chi connectivity index (χ0) is 17.8. The lowest BCUT2D eigenvalue weighted by Crippen LogP contribution is -2.52. The average Bonchev–Trinajstić information content (AvgIpc) is 2.62. The molecule has 0 radical (unpaired) electrons. The lowest BCUT2D eigenvalue weighted by atomic mass is 10.0. The van der Waals surface area contributed by atoms with Crippen LogP contribution >= 0.6 is 0 Å². The molecule has 2 fully saturated rings. The molecular formula is C18H27N5O2. The third kappa shape index (κ3) is 4.28. The van der Waals surface area contributed by atoms with Crippen LogP contribution in [0.5, 0.6) is 0 Å². The van der Waals surface area contributed by atoms with Gasteiger partial charge in [0.2, 0.25) is 5.91 Å². The van der Waals surface area contributed by atoms with Crippen LogP contribution < -0.4 is 10.6 Å². The van der Waals surface area contributed by atoms with E-state index in [2.05, 4.69) is 21.7 Å². The van der Waals surface area contributed by atoms with E-state index >= 15 is 0 Å². The van der Waals surface area contributed by atoms with Gasteiger partial charge in [-0.1, -0.05) is 0 Å². The maximum absolute atomic E-state index is 12.6. The Labute approximate surface area is 148 Å². The molecule has 0 bridgehead atoms. The van der Waals surface area contributed by atoms with Crippen LogP contribution in [-0.2, 0) is 4.79 Å². The summed E-state index contributed by atoms with van der Waals surface area (Å²) >= 11 is 0. The standard InChI is InChI=1S/C18H27N5O2/c1-14-4-2-3-7-23(14)17(24)13-21-8-10-22(11-9-21)15-5-6-20-16(12-15)18(19)25/h5-6,12,14H,2-4,7-11,13H2,1H3,(H2,19,25). The molecule has 2 saturated heterocycles. The minimum Gasteiger partial charge on any atom is -0.369 e. The van der Waals surface area contributed by atoms with E-state index in [1.807, 2.05) is 11.0 Å². The van der Waals surface area contributed by atoms with E-state index in [0.717, 1.165) is 51.3 Å². The molecule has 2 aliphatic rings. The molecule has 2 amide bonds. The summed E-state index contributed by atoms with van der Waals surface area (Å²) < 4.78 is 0. The van der Waals surface area contributed by atoms with Gasteiger partial charge in [0.05, 0.1) is 6.54 Å². The Hall–Kier alpha value is -2.15. The summed E-state index contributed by atoms with van der Waals surface area (Å²) in [5.74, 6) is -0.262. The molecule has 7 nitrogen and oxygen atoms in total. The van der Waals surface area contributed by atoms with Crippen molar-refractivity contribution in [2.75, 3.05) is 44.2 Å². The van der Waals surface area contributed by atoms with Gasteiger partial charge >= 0.3 is 0 Å². The number of pyridine rings is 1. The van der Waals surface area contributed by atoms with E-state index in [4.69, 9.17) is 5.73 Å². The number of piperazine rings is 1. The molecular weight excluding hydrogens is 318 g/mol. The zero-order valence-corrected chi connectivity index (χ0v) is 14.9. The number of hydrogen-bond acceptors (Lipinski definition) is 5. The summed E-state index contributed by atoms with van der Waals surface area (Å²) in [6.07, 6.45) is 5.07. The van der Waals surface area contributed by atoms with Gasteiger partial charge < -0.3 is 15.5 Å². The van der Waals surface area contributed by atoms with E-state index in [-0.39, 0.29) is 11.6 Å². The lowest BCUT2D eigenvalue weighted by molar-refractivity contribution is -0.135. The number of nitrogens with zero attached hydrogens (tertiary/aromatic N) is 4. The Bertz CT molecular complexity index is 628. The van der Waals surface area contributed by atoms with Crippen molar-refractivity contribution in [1.82, 2.24) is 14.8 Å². The third-order valence-corrected chi connectivity index (χ3v) is 5.22. The highest BCUT2D eigenvalue weighted by atomic mass is 16.2. The van der Waals surface area contributed by atoms with E-state index in [1.165, 1.54) is 6.42 Å². The van der Waals surface area contributed by atoms with Crippen molar-refractivity contribution in [1.29, 1.82) is 0 Å². The summed E-state index contributed by atoms with van der Waals surface area (Å²) in [4.78, 5) is 34.3. The smallest absolute Gasteiger partial charge is 0.267 e. The van der Waals surface area contributed by atoms with Crippen LogP contribution in [0, 0.1) is 0 Å². The number of amides is 2. The first-order valence-electron chi connectivity index (χ1n) is 9.07. The fourth-order valence-corrected chi connectivity index (χ4v) is 3.67. The van der Waals surface area contributed by atoms with Crippen LogP contribution in [0.15, 0.2) is 18.3 Å². The number of likely N-dealkylation sites (tertiary alicyclic amines) is 1. The Morgan fingerprint density at radius 1 is 1.20 bits per heavy atom. The second kappa shape index (κ2) is 7.82. The minimum atomic E-state index is -0.512. The van der Waals surface area contributed by atoms with Gasteiger partial charge in [0, 0.05) is 50.6 Å². The number of carbonyl (C=O) groups excluding carboxylic acids is 2. The fraction of sp³-hybridized carbons (Fsp3) is 0.611. The molecule has 25 heavy (non-hydrogen) atoms. The predicted molar refractivity (Wildman–Crippen MR) is 96.4 cm³/mol. The summed E-state index contributed by atoms with van der Waals surface area (Å²) in [5, 5.41) is 0. The van der Waals surface area contributed by atoms with E-state index in [0.29, 0.717) is 12.6 Å². The highest BCUT2D eigenvalue weighted by Gasteiger charge is 2.26. The van der Waals surface area contributed by atoms with Crippen LogP contribution in [0.1, 0.15) is 36.7 Å². The monoisotopic (exact) mass is 345 g/mol. The van der Waals surface area contributed by atoms with Gasteiger partial charge in [-0.25, -0.2) is 0 Å². The number of aromatic nitrogens is 1. The number of nitrogens with two attached hydrogens (primary N) is 1. The molecule has 2 aliphatic heterocycles. The first-order valence-corrected chi connectivity index (χ1v) is 9.07. The predicted octanol–water partition coefficient (Wildman–Crippen LogP) is 0.704. The SMILES string of the molecule is CC1CCCCN1C(=O)CN1CCN(c2ccnc(C(N)=O)c2)CC1. The topological polar surface area (TPSA) is 82.8 Å². The van der Waals surface area contributed by atoms with Crippen LogP contribution in [0.2, 0.25) is 0 Å². The molecule has 1 aromatic heterocycles. The Kier molecular flexibility index (Phi) is 5.53. The highest BCUT2D eigenvalue weighted by molar-refractivity contribution is 5.91. The number of primary amides is 1. The molecule has 0 spiro atoms. The highest BCUT2D eigenvalue weighted by Crippen LogP contribution is 2.19. The molecule has 1 atom stereocenters. The fourth-order valence-electron chi connectivity index (χ4n) is 3.67. The second-order valence-corrected chi connectivity index (χ2v) is 6.96. The van der Waals surface area contributed by atoms with Crippen LogP contribution in [0.25, 0.3) is 0 Å². The van der Waals surface area contributed by atoms with Crippen molar-refractivity contribution in [2.45, 2.75) is 32.2 Å². The van der Waals surface area contributed by atoms with Crippen molar-refractivity contribution in [2.24, 2.45) is 5.73 Å². The Morgan fingerprint density at radius 2 is 1.96 bits per heavy atom. The molecule has 0 aromatic carbocycles. The quantitative estimate of drug-likeness (QED) is 0.869. The summed E-state index contributed by atoms with van der Waals surface area (Å²) in [5.41, 5.74) is 6.54. The van der Waals surface area contributed by atoms with Crippen LogP contribution in [0.4, 0.5) is 5.69 Å². The summed E-state index contributed by atoms with van der Waals surface area (Å²) in [7, 11) is 0. The van der Waals surface area contributed by atoms with E-state index < -0.39 is 5.91 Å². The number of anilines is 1. The van der Waals surface area contributed by atoms with Gasteiger partial charge in [-0.2, -0.15) is 0 Å². The molecule has 1 aromatic rings. The van der Waals surface area contributed by atoms with Gasteiger partial charge in [0.1, 0.15) is 5.69 Å². The number of hydrogen-bond donors (Lipinski definition) is 1. The van der Waals surface area contributed by atoms with Crippen LogP contribution in [0.3, 0.4) is 0 Å².